The summed E-state index contributed by atoms with van der Waals surface area (Å²) >= 11 is 3.11. The lowest BCUT2D eigenvalue weighted by Crippen LogP contribution is -2.35. The van der Waals surface area contributed by atoms with Crippen LogP contribution in [0.5, 0.6) is 0 Å². The van der Waals surface area contributed by atoms with Crippen LogP contribution >= 0.6 is 23.1 Å². The molecular weight excluding hydrogens is 316 g/mol. The summed E-state index contributed by atoms with van der Waals surface area (Å²) in [5.41, 5.74) is 0. The highest BCUT2D eigenvalue weighted by molar-refractivity contribution is 7.99. The molecule has 20 heavy (non-hydrogen) atoms. The Labute approximate surface area is 127 Å². The van der Waals surface area contributed by atoms with Crippen molar-refractivity contribution in [3.63, 3.8) is 0 Å². The van der Waals surface area contributed by atoms with Gasteiger partial charge in [-0.25, -0.2) is 18.1 Å². The zero-order valence-corrected chi connectivity index (χ0v) is 14.0. The zero-order chi connectivity index (χ0) is 14.8. The van der Waals surface area contributed by atoms with Gasteiger partial charge in [-0.05, 0) is 12.7 Å². The van der Waals surface area contributed by atoms with Crippen LogP contribution in [0, 0.1) is 0 Å². The van der Waals surface area contributed by atoms with Crippen molar-refractivity contribution in [1.29, 1.82) is 0 Å². The molecule has 0 aliphatic rings. The number of nitrogens with zero attached hydrogens (tertiary/aromatic N) is 2. The molecule has 112 valence electrons. The molecule has 0 bridgehead atoms. The molecule has 2 N–H and O–H groups in total. The fourth-order valence-corrected chi connectivity index (χ4v) is 4.92. The summed E-state index contributed by atoms with van der Waals surface area (Å²) < 4.78 is 29.4. The lowest BCUT2D eigenvalue weighted by molar-refractivity contribution is 0.566. The first-order valence-corrected chi connectivity index (χ1v) is 9.74. The maximum atomic E-state index is 12.5. The van der Waals surface area contributed by atoms with Crippen LogP contribution in [0.4, 0.5) is 5.82 Å². The molecule has 9 heteroatoms. The number of hydrogen-bond donors (Lipinski definition) is 2. The number of thioether (sulfide) groups is 1. The van der Waals surface area contributed by atoms with E-state index in [1.807, 2.05) is 12.3 Å². The first kappa shape index (κ1) is 15.6. The highest BCUT2D eigenvalue weighted by Gasteiger charge is 2.26. The third-order valence-corrected chi connectivity index (χ3v) is 6.15. The normalized spacial score (nSPS) is 13.8. The lowest BCUT2D eigenvalue weighted by Gasteiger charge is -2.13. The second-order valence-electron chi connectivity index (χ2n) is 4.25. The molecule has 6 nitrogen and oxygen atoms in total. The fourth-order valence-electron chi connectivity index (χ4n) is 1.83. The topological polar surface area (TPSA) is 75.5 Å². The van der Waals surface area contributed by atoms with Crippen molar-refractivity contribution >= 4 is 43.9 Å². The van der Waals surface area contributed by atoms with Crippen LogP contribution in [-0.4, -0.2) is 42.4 Å². The van der Waals surface area contributed by atoms with Crippen LogP contribution in [0.3, 0.4) is 0 Å². The van der Waals surface area contributed by atoms with E-state index < -0.39 is 10.0 Å². The quantitative estimate of drug-likeness (QED) is 0.808. The van der Waals surface area contributed by atoms with Gasteiger partial charge in [-0.2, -0.15) is 11.8 Å². The summed E-state index contributed by atoms with van der Waals surface area (Å²) in [7, 11) is -1.94. The van der Waals surface area contributed by atoms with Crippen LogP contribution in [0.2, 0.25) is 0 Å². The van der Waals surface area contributed by atoms with Gasteiger partial charge in [0, 0.05) is 30.4 Å². The highest BCUT2D eigenvalue weighted by atomic mass is 32.2. The highest BCUT2D eigenvalue weighted by Crippen LogP contribution is 2.25. The van der Waals surface area contributed by atoms with Gasteiger partial charge in [0.2, 0.25) is 0 Å². The smallest absolute Gasteiger partial charge is 0.260 e. The van der Waals surface area contributed by atoms with Crippen LogP contribution in [0.15, 0.2) is 16.6 Å². The van der Waals surface area contributed by atoms with E-state index in [2.05, 4.69) is 21.9 Å². The van der Waals surface area contributed by atoms with Gasteiger partial charge < -0.3 is 5.32 Å². The molecule has 0 aromatic carbocycles. The van der Waals surface area contributed by atoms with Gasteiger partial charge in [0.1, 0.15) is 0 Å². The number of nitrogens with one attached hydrogen (secondary N) is 2. The van der Waals surface area contributed by atoms with Gasteiger partial charge in [-0.15, -0.1) is 11.3 Å². The molecule has 2 rings (SSSR count). The first-order valence-electron chi connectivity index (χ1n) is 6.23. The monoisotopic (exact) mass is 334 g/mol. The van der Waals surface area contributed by atoms with Gasteiger partial charge >= 0.3 is 0 Å². The molecule has 1 atom stereocenters. The van der Waals surface area contributed by atoms with E-state index in [4.69, 9.17) is 0 Å². The third kappa shape index (κ3) is 3.11. The SMILES string of the molecule is CCSCC(C)NS(=O)(=O)c1c(NC)nc2sccn12. The maximum absolute atomic E-state index is 12.5. The molecule has 2 aromatic rings. The molecule has 0 spiro atoms. The summed E-state index contributed by atoms with van der Waals surface area (Å²) in [6.45, 7) is 3.92. The molecule has 0 fully saturated rings. The summed E-state index contributed by atoms with van der Waals surface area (Å²) in [4.78, 5) is 4.93. The van der Waals surface area contributed by atoms with E-state index in [-0.39, 0.29) is 11.1 Å². The predicted molar refractivity (Wildman–Crippen MR) is 85.4 cm³/mol. The number of sulfonamides is 1. The Bertz CT molecular complexity index is 677. The maximum Gasteiger partial charge on any atom is 0.260 e. The Morgan fingerprint density at radius 2 is 2.30 bits per heavy atom. The molecule has 0 saturated heterocycles. The van der Waals surface area contributed by atoms with E-state index in [0.717, 1.165) is 11.5 Å². The first-order chi connectivity index (χ1) is 9.49. The van der Waals surface area contributed by atoms with Crippen molar-refractivity contribution in [1.82, 2.24) is 14.1 Å². The summed E-state index contributed by atoms with van der Waals surface area (Å²) in [6.07, 6.45) is 1.72. The molecule has 2 heterocycles. The minimum Gasteiger partial charge on any atom is -0.371 e. The fraction of sp³-hybridized carbons (Fsp3) is 0.545. The Hall–Kier alpha value is -0.770. The van der Waals surface area contributed by atoms with Gasteiger partial charge in [0.15, 0.2) is 15.8 Å². The van der Waals surface area contributed by atoms with Gasteiger partial charge in [-0.3, -0.25) is 4.40 Å². The predicted octanol–water partition coefficient (Wildman–Crippen LogP) is 1.86. The van der Waals surface area contributed by atoms with Crippen molar-refractivity contribution < 1.29 is 8.42 Å². The number of aromatic nitrogens is 2. The van der Waals surface area contributed by atoms with Crippen LogP contribution in [0.25, 0.3) is 4.96 Å². The van der Waals surface area contributed by atoms with Crippen molar-refractivity contribution in [3.8, 4) is 0 Å². The number of imidazole rings is 1. The van der Waals surface area contributed by atoms with Crippen LogP contribution in [0.1, 0.15) is 13.8 Å². The molecule has 1 unspecified atom stereocenters. The zero-order valence-electron chi connectivity index (χ0n) is 11.6. The molecule has 2 aromatic heterocycles. The van der Waals surface area contributed by atoms with E-state index >= 15 is 0 Å². The minimum atomic E-state index is -3.60. The second-order valence-corrected chi connectivity index (χ2v) is 8.07. The molecule has 0 amide bonds. The summed E-state index contributed by atoms with van der Waals surface area (Å²) in [6, 6.07) is -0.126. The van der Waals surface area contributed by atoms with Crippen molar-refractivity contribution in [2.24, 2.45) is 0 Å². The summed E-state index contributed by atoms with van der Waals surface area (Å²) in [5, 5.41) is 4.83. The minimum absolute atomic E-state index is 0.126. The van der Waals surface area contributed by atoms with Crippen LogP contribution in [-0.2, 0) is 10.0 Å². The molecule has 0 aliphatic heterocycles. The van der Waals surface area contributed by atoms with E-state index in [1.165, 1.54) is 11.3 Å². The Balaban J connectivity index is 2.33. The lowest BCUT2D eigenvalue weighted by atomic mass is 10.4. The number of hydrogen-bond acceptors (Lipinski definition) is 6. The van der Waals surface area contributed by atoms with Crippen molar-refractivity contribution in [2.45, 2.75) is 24.9 Å². The molecular formula is C11H18N4O2S3. The number of thiazole rings is 1. The Kier molecular flexibility index (Phi) is 4.95. The standard InChI is InChI=1S/C11H18N4O2S3/c1-4-18-7-8(2)14-20(16,17)10-9(12-3)13-11-15(10)5-6-19-11/h5-6,8,12,14H,4,7H2,1-3H3. The van der Waals surface area contributed by atoms with Gasteiger partial charge in [-0.1, -0.05) is 6.92 Å². The van der Waals surface area contributed by atoms with Gasteiger partial charge in [0.05, 0.1) is 0 Å². The second kappa shape index (κ2) is 6.33. The Morgan fingerprint density at radius 1 is 1.55 bits per heavy atom. The average Bonchev–Trinajstić information content (AvgIpc) is 2.94. The average molecular weight is 334 g/mol. The molecule has 0 radical (unpaired) electrons. The van der Waals surface area contributed by atoms with Crippen LogP contribution < -0.4 is 10.0 Å². The summed E-state index contributed by atoms with van der Waals surface area (Å²) in [5.74, 6) is 2.09. The number of fused-ring (bicyclic) bond motifs is 1. The van der Waals surface area contributed by atoms with E-state index in [1.54, 1.807) is 29.4 Å². The van der Waals surface area contributed by atoms with Gasteiger partial charge in [0.25, 0.3) is 10.0 Å². The molecule has 0 aliphatic carbocycles. The number of rotatable bonds is 7. The molecule has 0 saturated carbocycles. The van der Waals surface area contributed by atoms with Crippen molar-refractivity contribution in [3.05, 3.63) is 11.6 Å². The van der Waals surface area contributed by atoms with E-state index in [9.17, 15) is 8.42 Å². The number of anilines is 1. The largest absolute Gasteiger partial charge is 0.371 e. The van der Waals surface area contributed by atoms with Crippen molar-refractivity contribution in [2.75, 3.05) is 23.9 Å². The third-order valence-electron chi connectivity index (χ3n) is 2.64. The Morgan fingerprint density at radius 3 is 2.95 bits per heavy atom. The van der Waals surface area contributed by atoms with E-state index in [0.29, 0.717) is 10.8 Å².